The van der Waals surface area contributed by atoms with E-state index in [1.54, 1.807) is 0 Å². The zero-order valence-corrected chi connectivity index (χ0v) is 11.2. The molecule has 4 unspecified atom stereocenters. The molecule has 4 atom stereocenters. The average molecular weight is 228 g/mol. The Bertz CT molecular complexity index is 198. The van der Waals surface area contributed by atoms with Crippen LogP contribution in [0.3, 0.4) is 0 Å². The maximum Gasteiger partial charge on any atom is 0.0690 e. The minimum absolute atomic E-state index is 0.197. The van der Waals surface area contributed by atoms with Crippen LogP contribution in [0.4, 0.5) is 0 Å². The summed E-state index contributed by atoms with van der Waals surface area (Å²) in [6.07, 6.45) is 2.05. The van der Waals surface area contributed by atoms with E-state index < -0.39 is 0 Å². The summed E-state index contributed by atoms with van der Waals surface area (Å²) in [7, 11) is 2.18. The van der Waals surface area contributed by atoms with Crippen LogP contribution in [0.2, 0.25) is 0 Å². The second-order valence-corrected chi connectivity index (χ2v) is 5.50. The molecule has 0 radical (unpaired) electrons. The van der Waals surface area contributed by atoms with Gasteiger partial charge in [-0.1, -0.05) is 27.2 Å². The van der Waals surface area contributed by atoms with Gasteiger partial charge in [-0.3, -0.25) is 0 Å². The van der Waals surface area contributed by atoms with Gasteiger partial charge < -0.3 is 15.3 Å². The largest absolute Gasteiger partial charge is 0.392 e. The van der Waals surface area contributed by atoms with Gasteiger partial charge in [0.2, 0.25) is 0 Å². The maximum absolute atomic E-state index is 9.91. The first-order chi connectivity index (χ1) is 7.54. The fourth-order valence-corrected chi connectivity index (χ4v) is 2.40. The summed E-state index contributed by atoms with van der Waals surface area (Å²) >= 11 is 0. The zero-order chi connectivity index (χ0) is 12.1. The number of nitrogens with one attached hydrogen (secondary N) is 1. The summed E-state index contributed by atoms with van der Waals surface area (Å²) in [6, 6.07) is 0.579. The van der Waals surface area contributed by atoms with Gasteiger partial charge in [-0.15, -0.1) is 0 Å². The van der Waals surface area contributed by atoms with E-state index in [0.29, 0.717) is 17.9 Å². The molecular weight excluding hydrogens is 200 g/mol. The van der Waals surface area contributed by atoms with Gasteiger partial charge in [-0.2, -0.15) is 0 Å². The van der Waals surface area contributed by atoms with E-state index in [0.717, 1.165) is 19.5 Å². The Morgan fingerprint density at radius 1 is 1.50 bits per heavy atom. The van der Waals surface area contributed by atoms with Crippen LogP contribution in [0, 0.1) is 11.8 Å². The minimum Gasteiger partial charge on any atom is -0.392 e. The minimum atomic E-state index is -0.197. The molecule has 2 N–H and O–H groups in total. The summed E-state index contributed by atoms with van der Waals surface area (Å²) in [5.74, 6) is 1.08. The molecule has 0 bridgehead atoms. The molecule has 96 valence electrons. The van der Waals surface area contributed by atoms with Crippen LogP contribution in [0.15, 0.2) is 0 Å². The summed E-state index contributed by atoms with van der Waals surface area (Å²) in [5.41, 5.74) is 0. The summed E-state index contributed by atoms with van der Waals surface area (Å²) in [4.78, 5) is 2.38. The van der Waals surface area contributed by atoms with Crippen molar-refractivity contribution in [2.45, 2.75) is 45.8 Å². The SMILES string of the molecule is CCC(C)C(O)CNC1CCN(C)CC1C. The lowest BCUT2D eigenvalue weighted by molar-refractivity contribution is 0.0968. The number of likely N-dealkylation sites (tertiary alicyclic amines) is 1. The van der Waals surface area contributed by atoms with Crippen molar-refractivity contribution in [3.05, 3.63) is 0 Å². The van der Waals surface area contributed by atoms with E-state index in [1.807, 2.05) is 0 Å². The van der Waals surface area contributed by atoms with Crippen LogP contribution in [-0.2, 0) is 0 Å². The quantitative estimate of drug-likeness (QED) is 0.745. The predicted molar refractivity (Wildman–Crippen MR) is 68.5 cm³/mol. The van der Waals surface area contributed by atoms with Gasteiger partial charge >= 0.3 is 0 Å². The van der Waals surface area contributed by atoms with Crippen molar-refractivity contribution in [3.63, 3.8) is 0 Å². The van der Waals surface area contributed by atoms with Crippen molar-refractivity contribution in [2.24, 2.45) is 11.8 Å². The smallest absolute Gasteiger partial charge is 0.0690 e. The number of hydrogen-bond acceptors (Lipinski definition) is 3. The fraction of sp³-hybridized carbons (Fsp3) is 1.00. The Labute approximate surface area is 100 Å². The van der Waals surface area contributed by atoms with Crippen molar-refractivity contribution in [1.29, 1.82) is 0 Å². The zero-order valence-electron chi connectivity index (χ0n) is 11.2. The van der Waals surface area contributed by atoms with Crippen LogP contribution in [0.1, 0.15) is 33.6 Å². The summed E-state index contributed by atoms with van der Waals surface area (Å²) in [5, 5.41) is 13.4. The molecule has 1 aliphatic rings. The Morgan fingerprint density at radius 3 is 2.75 bits per heavy atom. The van der Waals surface area contributed by atoms with Gasteiger partial charge in [0.05, 0.1) is 6.10 Å². The molecule has 1 fully saturated rings. The Kier molecular flexibility index (Phi) is 5.73. The number of nitrogens with zero attached hydrogens (tertiary/aromatic N) is 1. The van der Waals surface area contributed by atoms with Crippen LogP contribution >= 0.6 is 0 Å². The predicted octanol–water partition coefficient (Wildman–Crippen LogP) is 1.32. The maximum atomic E-state index is 9.91. The summed E-state index contributed by atoms with van der Waals surface area (Å²) < 4.78 is 0. The third kappa shape index (κ3) is 4.04. The van der Waals surface area contributed by atoms with Crippen LogP contribution < -0.4 is 5.32 Å². The summed E-state index contributed by atoms with van der Waals surface area (Å²) in [6.45, 7) is 9.62. The van der Waals surface area contributed by atoms with Crippen molar-refractivity contribution < 1.29 is 5.11 Å². The lowest BCUT2D eigenvalue weighted by Gasteiger charge is -2.36. The topological polar surface area (TPSA) is 35.5 Å². The second-order valence-electron chi connectivity index (χ2n) is 5.50. The van der Waals surface area contributed by atoms with Crippen molar-refractivity contribution in [1.82, 2.24) is 10.2 Å². The fourth-order valence-electron chi connectivity index (χ4n) is 2.40. The highest BCUT2D eigenvalue weighted by Gasteiger charge is 2.24. The molecule has 0 spiro atoms. The van der Waals surface area contributed by atoms with Gasteiger partial charge in [-0.05, 0) is 31.8 Å². The average Bonchev–Trinajstić information content (AvgIpc) is 2.26. The number of aliphatic hydroxyl groups excluding tert-OH is 1. The number of rotatable bonds is 5. The van der Waals surface area contributed by atoms with Crippen LogP contribution in [-0.4, -0.2) is 48.8 Å². The van der Waals surface area contributed by atoms with E-state index in [4.69, 9.17) is 0 Å². The molecule has 1 aliphatic heterocycles. The first-order valence-corrected chi connectivity index (χ1v) is 6.64. The Balaban J connectivity index is 2.27. The molecule has 0 saturated carbocycles. The van der Waals surface area contributed by atoms with Crippen molar-refractivity contribution in [3.8, 4) is 0 Å². The molecule has 1 heterocycles. The van der Waals surface area contributed by atoms with E-state index in [2.05, 4.69) is 38.0 Å². The highest BCUT2D eigenvalue weighted by Crippen LogP contribution is 2.16. The third-order valence-corrected chi connectivity index (χ3v) is 4.00. The van der Waals surface area contributed by atoms with E-state index in [-0.39, 0.29) is 6.10 Å². The van der Waals surface area contributed by atoms with Crippen LogP contribution in [0.5, 0.6) is 0 Å². The van der Waals surface area contributed by atoms with Crippen molar-refractivity contribution in [2.75, 3.05) is 26.7 Å². The third-order valence-electron chi connectivity index (χ3n) is 4.00. The molecule has 16 heavy (non-hydrogen) atoms. The van der Waals surface area contributed by atoms with Crippen molar-refractivity contribution >= 4 is 0 Å². The van der Waals surface area contributed by atoms with Gasteiger partial charge in [0, 0.05) is 19.1 Å². The number of piperidine rings is 1. The molecule has 1 rings (SSSR count). The normalized spacial score (nSPS) is 31.3. The lowest BCUT2D eigenvalue weighted by Crippen LogP contribution is -2.49. The molecule has 0 aromatic carbocycles. The first-order valence-electron chi connectivity index (χ1n) is 6.64. The first kappa shape index (κ1) is 13.9. The molecule has 0 aromatic heterocycles. The number of aliphatic hydroxyl groups is 1. The Morgan fingerprint density at radius 2 is 2.19 bits per heavy atom. The second kappa shape index (κ2) is 6.58. The van der Waals surface area contributed by atoms with Gasteiger partial charge in [-0.25, -0.2) is 0 Å². The highest BCUT2D eigenvalue weighted by molar-refractivity contribution is 4.82. The van der Waals surface area contributed by atoms with E-state index in [9.17, 15) is 5.11 Å². The van der Waals surface area contributed by atoms with Crippen LogP contribution in [0.25, 0.3) is 0 Å². The molecular formula is C13H28N2O. The van der Waals surface area contributed by atoms with Gasteiger partial charge in [0.15, 0.2) is 0 Å². The highest BCUT2D eigenvalue weighted by atomic mass is 16.3. The molecule has 0 amide bonds. The Hall–Kier alpha value is -0.120. The van der Waals surface area contributed by atoms with Gasteiger partial charge in [0.1, 0.15) is 0 Å². The van der Waals surface area contributed by atoms with E-state index >= 15 is 0 Å². The standard InChI is InChI=1S/C13H28N2O/c1-5-10(2)13(16)8-14-12-6-7-15(4)9-11(12)3/h10-14,16H,5-9H2,1-4H3. The molecule has 3 nitrogen and oxygen atoms in total. The molecule has 0 aliphatic carbocycles. The van der Waals surface area contributed by atoms with E-state index in [1.165, 1.54) is 13.0 Å². The lowest BCUT2D eigenvalue weighted by atomic mass is 9.93. The molecule has 3 heteroatoms. The van der Waals surface area contributed by atoms with Gasteiger partial charge in [0.25, 0.3) is 0 Å². The number of hydrogen-bond donors (Lipinski definition) is 2. The molecule has 0 aromatic rings. The monoisotopic (exact) mass is 228 g/mol. The molecule has 1 saturated heterocycles.